The summed E-state index contributed by atoms with van der Waals surface area (Å²) in [5.74, 6) is 0.947. The average molecular weight is 335 g/mol. The molecule has 0 radical (unpaired) electrons. The van der Waals surface area contributed by atoms with E-state index in [0.717, 1.165) is 27.2 Å². The molecule has 1 aromatic heterocycles. The summed E-state index contributed by atoms with van der Waals surface area (Å²) in [5.41, 5.74) is 0. The van der Waals surface area contributed by atoms with Gasteiger partial charge in [-0.2, -0.15) is 0 Å². The molecule has 0 N–H and O–H groups in total. The fraction of sp³-hybridized carbons (Fsp3) is 0.118. The van der Waals surface area contributed by atoms with Crippen LogP contribution in [0.5, 0.6) is 0 Å². The van der Waals surface area contributed by atoms with Crippen LogP contribution in [0, 0.1) is 0 Å². The molecule has 0 amide bonds. The number of benzene rings is 2. The number of nitrogens with zero attached hydrogens (tertiary/aromatic N) is 1. The van der Waals surface area contributed by atoms with E-state index in [4.69, 9.17) is 23.2 Å². The fourth-order valence-electron chi connectivity index (χ4n) is 2.17. The van der Waals surface area contributed by atoms with Gasteiger partial charge in [0.1, 0.15) is 0 Å². The fourth-order valence-corrected chi connectivity index (χ4v) is 3.62. The molecule has 106 valence electrons. The number of aromatic nitrogens is 1. The lowest BCUT2D eigenvalue weighted by atomic mass is 10.2. The molecule has 0 fully saturated rings. The van der Waals surface area contributed by atoms with Crippen molar-refractivity contribution in [3.05, 3.63) is 71.0 Å². The first kappa shape index (κ1) is 14.7. The van der Waals surface area contributed by atoms with E-state index in [1.165, 1.54) is 10.8 Å². The lowest BCUT2D eigenvalue weighted by Gasteiger charge is -2.03. The second kappa shape index (κ2) is 6.69. The summed E-state index contributed by atoms with van der Waals surface area (Å²) in [7, 11) is 0. The Morgan fingerprint density at radius 2 is 1.76 bits per heavy atom. The number of hydrogen-bond donors (Lipinski definition) is 0. The van der Waals surface area contributed by atoms with Gasteiger partial charge in [-0.05, 0) is 29.7 Å². The molecule has 1 nitrogen and oxygen atoms in total. The molecule has 0 spiro atoms. The lowest BCUT2D eigenvalue weighted by Crippen LogP contribution is -2.33. The Balaban J connectivity index is 1.67. The quantitative estimate of drug-likeness (QED) is 0.467. The van der Waals surface area contributed by atoms with E-state index in [1.807, 2.05) is 18.2 Å². The minimum Gasteiger partial charge on any atom is -0.204 e. The summed E-state index contributed by atoms with van der Waals surface area (Å²) >= 11 is 13.9. The SMILES string of the molecule is Clc1ccc(Cl)c(SCC[n+]2ccc3ccccc3c2)c1. The molecule has 0 saturated heterocycles. The molecule has 3 rings (SSSR count). The van der Waals surface area contributed by atoms with Crippen molar-refractivity contribution in [1.82, 2.24) is 0 Å². The molecule has 0 aliphatic rings. The molecule has 0 aliphatic carbocycles. The molecule has 21 heavy (non-hydrogen) atoms. The first-order chi connectivity index (χ1) is 10.2. The van der Waals surface area contributed by atoms with Crippen LogP contribution < -0.4 is 4.57 Å². The van der Waals surface area contributed by atoms with Crippen molar-refractivity contribution in [2.45, 2.75) is 11.4 Å². The molecular formula is C17H14Cl2NS+. The molecule has 1 heterocycles. The monoisotopic (exact) mass is 334 g/mol. The summed E-state index contributed by atoms with van der Waals surface area (Å²) in [6.45, 7) is 0.929. The van der Waals surface area contributed by atoms with Gasteiger partial charge < -0.3 is 0 Å². The Hall–Kier alpha value is -1.22. The molecule has 0 saturated carbocycles. The maximum atomic E-state index is 6.17. The van der Waals surface area contributed by atoms with Crippen molar-refractivity contribution >= 4 is 45.7 Å². The van der Waals surface area contributed by atoms with Gasteiger partial charge >= 0.3 is 0 Å². The van der Waals surface area contributed by atoms with Crippen LogP contribution in [0.4, 0.5) is 0 Å². The zero-order valence-electron chi connectivity index (χ0n) is 11.3. The Kier molecular flexibility index (Phi) is 4.69. The van der Waals surface area contributed by atoms with Crippen molar-refractivity contribution < 1.29 is 4.57 Å². The normalized spacial score (nSPS) is 11.0. The first-order valence-electron chi connectivity index (χ1n) is 6.68. The standard InChI is InChI=1S/C17H14Cl2NS/c18-15-5-6-16(19)17(11-15)21-10-9-20-8-7-13-3-1-2-4-14(13)12-20/h1-8,11-12H,9-10H2/q+1. The number of hydrogen-bond acceptors (Lipinski definition) is 1. The Labute approximate surface area is 138 Å². The third kappa shape index (κ3) is 3.70. The average Bonchev–Trinajstić information content (AvgIpc) is 2.50. The highest BCUT2D eigenvalue weighted by Crippen LogP contribution is 2.29. The molecule has 0 unspecified atom stereocenters. The van der Waals surface area contributed by atoms with E-state index in [1.54, 1.807) is 11.8 Å². The van der Waals surface area contributed by atoms with Gasteiger partial charge in [-0.25, -0.2) is 4.57 Å². The topological polar surface area (TPSA) is 3.88 Å². The maximum Gasteiger partial charge on any atom is 0.176 e. The number of rotatable bonds is 4. The van der Waals surface area contributed by atoms with Crippen LogP contribution >= 0.6 is 35.0 Å². The Morgan fingerprint density at radius 1 is 0.952 bits per heavy atom. The second-order valence-electron chi connectivity index (χ2n) is 4.73. The molecular weight excluding hydrogens is 321 g/mol. The molecule has 0 atom stereocenters. The highest BCUT2D eigenvalue weighted by Gasteiger charge is 2.06. The number of aryl methyl sites for hydroxylation is 1. The van der Waals surface area contributed by atoms with Gasteiger partial charge in [0.05, 0.1) is 10.8 Å². The van der Waals surface area contributed by atoms with Crippen LogP contribution in [0.2, 0.25) is 10.0 Å². The minimum absolute atomic E-state index is 0.722. The van der Waals surface area contributed by atoms with Crippen molar-refractivity contribution in [2.24, 2.45) is 0 Å². The van der Waals surface area contributed by atoms with E-state index in [2.05, 4.69) is 47.3 Å². The lowest BCUT2D eigenvalue weighted by molar-refractivity contribution is -0.691. The summed E-state index contributed by atoms with van der Waals surface area (Å²) in [6.07, 6.45) is 4.29. The highest BCUT2D eigenvalue weighted by molar-refractivity contribution is 7.99. The summed E-state index contributed by atoms with van der Waals surface area (Å²) in [5, 5.41) is 4.00. The summed E-state index contributed by atoms with van der Waals surface area (Å²) in [6, 6.07) is 16.1. The van der Waals surface area contributed by atoms with Gasteiger partial charge in [-0.1, -0.05) is 41.4 Å². The van der Waals surface area contributed by atoms with E-state index in [-0.39, 0.29) is 0 Å². The number of fused-ring (bicyclic) bond motifs is 1. The van der Waals surface area contributed by atoms with Gasteiger partial charge in [-0.15, -0.1) is 11.8 Å². The molecule has 4 heteroatoms. The van der Waals surface area contributed by atoms with Crippen LogP contribution in [-0.4, -0.2) is 5.75 Å². The van der Waals surface area contributed by atoms with Gasteiger partial charge in [0.25, 0.3) is 0 Å². The van der Waals surface area contributed by atoms with Crippen molar-refractivity contribution in [2.75, 3.05) is 5.75 Å². The van der Waals surface area contributed by atoms with Crippen molar-refractivity contribution in [3.8, 4) is 0 Å². The zero-order valence-corrected chi connectivity index (χ0v) is 13.6. The molecule has 2 aromatic carbocycles. The smallest absolute Gasteiger partial charge is 0.176 e. The third-order valence-electron chi connectivity index (χ3n) is 3.25. The van der Waals surface area contributed by atoms with E-state index < -0.39 is 0 Å². The van der Waals surface area contributed by atoms with Crippen LogP contribution in [-0.2, 0) is 6.54 Å². The maximum absolute atomic E-state index is 6.17. The summed E-state index contributed by atoms with van der Waals surface area (Å²) in [4.78, 5) is 1.03. The van der Waals surface area contributed by atoms with Gasteiger partial charge in [0, 0.05) is 21.4 Å². The minimum atomic E-state index is 0.722. The van der Waals surface area contributed by atoms with E-state index in [0.29, 0.717) is 0 Å². The Bertz CT molecular complexity index is 774. The third-order valence-corrected chi connectivity index (χ3v) is 4.96. The molecule has 0 aliphatic heterocycles. The number of pyridine rings is 1. The predicted molar refractivity (Wildman–Crippen MR) is 91.3 cm³/mol. The summed E-state index contributed by atoms with van der Waals surface area (Å²) < 4.78 is 2.20. The molecule has 3 aromatic rings. The van der Waals surface area contributed by atoms with Crippen LogP contribution in [0.3, 0.4) is 0 Å². The van der Waals surface area contributed by atoms with Crippen LogP contribution in [0.25, 0.3) is 10.8 Å². The number of halogens is 2. The van der Waals surface area contributed by atoms with Crippen molar-refractivity contribution in [3.63, 3.8) is 0 Å². The number of thioether (sulfide) groups is 1. The second-order valence-corrected chi connectivity index (χ2v) is 6.72. The van der Waals surface area contributed by atoms with E-state index in [9.17, 15) is 0 Å². The molecule has 0 bridgehead atoms. The van der Waals surface area contributed by atoms with Crippen molar-refractivity contribution in [1.29, 1.82) is 0 Å². The van der Waals surface area contributed by atoms with Crippen LogP contribution in [0.15, 0.2) is 65.8 Å². The zero-order chi connectivity index (χ0) is 14.7. The van der Waals surface area contributed by atoms with Crippen LogP contribution in [0.1, 0.15) is 0 Å². The van der Waals surface area contributed by atoms with Gasteiger partial charge in [0.2, 0.25) is 0 Å². The van der Waals surface area contributed by atoms with Gasteiger partial charge in [0.15, 0.2) is 18.9 Å². The Morgan fingerprint density at radius 3 is 2.62 bits per heavy atom. The predicted octanol–water partition coefficient (Wildman–Crippen LogP) is 5.23. The largest absolute Gasteiger partial charge is 0.204 e. The van der Waals surface area contributed by atoms with E-state index >= 15 is 0 Å². The first-order valence-corrected chi connectivity index (χ1v) is 8.42. The van der Waals surface area contributed by atoms with Gasteiger partial charge in [-0.3, -0.25) is 0 Å². The highest BCUT2D eigenvalue weighted by atomic mass is 35.5.